The second-order valence-electron chi connectivity index (χ2n) is 26.1. The lowest BCUT2D eigenvalue weighted by Crippen LogP contribution is -2.71. The van der Waals surface area contributed by atoms with E-state index in [0.717, 1.165) is 41.8 Å². The molecule has 6 N–H and O–H groups in total. The van der Waals surface area contributed by atoms with Crippen LogP contribution < -0.4 is 31.1 Å². The van der Waals surface area contributed by atoms with Crippen LogP contribution >= 0.6 is 0 Å². The summed E-state index contributed by atoms with van der Waals surface area (Å²) in [5, 5.41) is 6.25. The molecule has 1 saturated heterocycles. The van der Waals surface area contributed by atoms with Crippen molar-refractivity contribution in [3.63, 3.8) is 0 Å². The number of epoxide rings is 1. The molecule has 7 rings (SSSR count). The van der Waals surface area contributed by atoms with Gasteiger partial charge in [0.15, 0.2) is 8.32 Å². The first kappa shape index (κ1) is 94.7. The third-order valence-electron chi connectivity index (χ3n) is 14.5. The minimum atomic E-state index is -3.26. The van der Waals surface area contributed by atoms with E-state index < -0.39 is 93.7 Å². The molecule has 1 aliphatic heterocycles. The van der Waals surface area contributed by atoms with Crippen molar-refractivity contribution in [1.29, 1.82) is 0 Å². The standard InChI is InChI=1S/C18H30O5Si4.C14H16OSi.C9H20O3Si.C9H14O2Si.C7H10O2Si.C5H12O2Si.C4H12O2Si.C2H8O2Si/c1-24(2,19)21-26(5,6)23-27(22-25(3,4)20,17-13-9-7-10-14-17)18-15-11-8-12-16-18;1-15-16(2,13-9-5-3-6-10-13)14-11-7-4-8-12-14;1-10-13(2,3)6-4-5-11-7-9-8-12-9;1-10-12(3,11-2)9-7-5-4-6-8-9;1-10(8,9)7-5-3-2-4-6-7;1-5-8(4,6-2)7-3;1-5-7(3,4)6-2;1-5(2,3)4/h7-16,19-20H,1-6H3;3-12H,1-2H3;9H,4-8H2,1-3H3;4-8H,1-3H3;2-6,8-9H,1H3;5H,1H2,2-4H3;1-4H3;3-4H,1-2H3. The Morgan fingerprint density at radius 1 is 0.398 bits per heavy atom. The Bertz CT molecular complexity index is 2880. The highest BCUT2D eigenvalue weighted by Crippen LogP contribution is 2.24. The smallest absolute Gasteiger partial charge is 0.389 e. The van der Waals surface area contributed by atoms with Crippen molar-refractivity contribution in [1.82, 2.24) is 0 Å². The Morgan fingerprint density at radius 3 is 0.959 bits per heavy atom. The summed E-state index contributed by atoms with van der Waals surface area (Å²) in [4.78, 5) is 55.8. The zero-order valence-electron chi connectivity index (χ0n) is 63.2. The van der Waals surface area contributed by atoms with Crippen LogP contribution in [0.3, 0.4) is 0 Å². The topological polar surface area (TPSA) is 245 Å². The lowest BCUT2D eigenvalue weighted by molar-refractivity contribution is 0.116. The molecule has 30 heteroatoms. The molecule has 1 unspecified atom stereocenters. The molecular formula is C68H122O19Si11. The fourth-order valence-electron chi connectivity index (χ4n) is 8.20. The highest BCUT2D eigenvalue weighted by molar-refractivity contribution is 7.01. The van der Waals surface area contributed by atoms with Crippen molar-refractivity contribution in [3.8, 4) is 0 Å². The molecule has 98 heavy (non-hydrogen) atoms. The number of benzene rings is 6. The SMILES string of the molecule is C=C[Si](C)(OC)OC.CO[Si](C)(C)CCCOCC1CO1.CO[Si](C)(C)OC.CO[Si](C)(OC)c1ccccc1.CO[Si](C)(c1ccccc1)c1ccccc1.C[Si](C)(O)O.C[Si](C)(O)O[Si](C)(C)O[Si](O[Si](C)(C)O)(c1ccccc1)c1ccccc1.C[Si](O)(O)c1ccccc1. The predicted octanol–water partition coefficient (Wildman–Crippen LogP) is 8.99. The molecule has 0 saturated carbocycles. The molecule has 1 heterocycles. The van der Waals surface area contributed by atoms with Crippen molar-refractivity contribution < 1.29 is 86.0 Å². The summed E-state index contributed by atoms with van der Waals surface area (Å²) >= 11 is 0. The Labute approximate surface area is 601 Å². The van der Waals surface area contributed by atoms with Gasteiger partial charge in [0.2, 0.25) is 0 Å². The van der Waals surface area contributed by atoms with Crippen LogP contribution in [-0.4, -0.2) is 205 Å². The first-order valence-corrected chi connectivity index (χ1v) is 61.1. The summed E-state index contributed by atoms with van der Waals surface area (Å²) in [5.74, 6) is 0. The van der Waals surface area contributed by atoms with Crippen LogP contribution in [0.2, 0.25) is 111 Å². The van der Waals surface area contributed by atoms with E-state index in [1.807, 2.05) is 163 Å². The summed E-state index contributed by atoms with van der Waals surface area (Å²) in [6, 6.07) is 60.7. The highest BCUT2D eigenvalue weighted by atomic mass is 28.5. The van der Waals surface area contributed by atoms with Crippen LogP contribution in [-0.2, 0) is 57.2 Å². The molecule has 552 valence electrons. The van der Waals surface area contributed by atoms with Gasteiger partial charge in [-0.15, -0.1) is 6.58 Å². The molecule has 1 aliphatic rings. The predicted molar refractivity (Wildman–Crippen MR) is 426 cm³/mol. The van der Waals surface area contributed by atoms with Gasteiger partial charge in [0.25, 0.3) is 8.32 Å². The van der Waals surface area contributed by atoms with Crippen LogP contribution in [0.1, 0.15) is 6.42 Å². The molecule has 1 atom stereocenters. The van der Waals surface area contributed by atoms with Crippen LogP contribution in [0.5, 0.6) is 0 Å². The minimum absolute atomic E-state index is 0.396. The third-order valence-corrected chi connectivity index (χ3v) is 42.0. The van der Waals surface area contributed by atoms with Gasteiger partial charge in [0, 0.05) is 63.5 Å². The zero-order valence-corrected chi connectivity index (χ0v) is 74.2. The fourth-order valence-corrected chi connectivity index (χ4v) is 29.7. The van der Waals surface area contributed by atoms with Gasteiger partial charge in [-0.2, -0.15) is 0 Å². The number of ether oxygens (including phenoxy) is 2. The Balaban J connectivity index is 0.00000116. The van der Waals surface area contributed by atoms with Gasteiger partial charge in [-0.1, -0.05) is 182 Å². The number of rotatable bonds is 27. The molecule has 1 fully saturated rings. The molecule has 6 aromatic rings. The molecule has 0 radical (unpaired) electrons. The van der Waals surface area contributed by atoms with Crippen molar-refractivity contribution in [2.45, 2.75) is 123 Å². The lowest BCUT2D eigenvalue weighted by Gasteiger charge is -2.42. The molecule has 0 aromatic heterocycles. The van der Waals surface area contributed by atoms with E-state index in [1.165, 1.54) is 36.1 Å². The number of hydrogen-bond acceptors (Lipinski definition) is 19. The van der Waals surface area contributed by atoms with Crippen LogP contribution in [0, 0.1) is 0 Å². The molecular weight excluding hydrogens is 1430 g/mol. The largest absolute Gasteiger partial charge is 0.420 e. The van der Waals surface area contributed by atoms with Gasteiger partial charge >= 0.3 is 77.0 Å². The quantitative estimate of drug-likeness (QED) is 0.0160. The Morgan fingerprint density at radius 2 is 0.724 bits per heavy atom. The first-order chi connectivity index (χ1) is 45.4. The lowest BCUT2D eigenvalue weighted by atomic mass is 10.4. The molecule has 0 spiro atoms. The van der Waals surface area contributed by atoms with E-state index >= 15 is 0 Å². The molecule has 6 aromatic carbocycles. The van der Waals surface area contributed by atoms with Gasteiger partial charge in [0.05, 0.1) is 13.2 Å². The average Bonchev–Trinajstić information content (AvgIpc) is 1.62. The van der Waals surface area contributed by atoms with Gasteiger partial charge in [-0.25, -0.2) is 0 Å². The molecule has 0 aliphatic carbocycles. The summed E-state index contributed by atoms with van der Waals surface area (Å²) in [6.07, 6.45) is 1.51. The first-order valence-electron chi connectivity index (χ1n) is 32.4. The second kappa shape index (κ2) is 45.7. The fraction of sp³-hybridized carbons (Fsp3) is 0.441. The van der Waals surface area contributed by atoms with E-state index in [4.69, 9.17) is 66.8 Å². The van der Waals surface area contributed by atoms with Crippen molar-refractivity contribution >= 4 is 125 Å². The third kappa shape index (κ3) is 41.1. The van der Waals surface area contributed by atoms with Crippen molar-refractivity contribution in [2.75, 3.05) is 76.7 Å². The van der Waals surface area contributed by atoms with Gasteiger partial charge in [-0.05, 0) is 154 Å². The summed E-state index contributed by atoms with van der Waals surface area (Å²) in [7, 11) is -12.8. The molecule has 0 bridgehead atoms. The zero-order chi connectivity index (χ0) is 75.2. The van der Waals surface area contributed by atoms with E-state index in [9.17, 15) is 19.2 Å². The summed E-state index contributed by atoms with van der Waals surface area (Å²) in [6.45, 7) is 35.9. The van der Waals surface area contributed by atoms with E-state index in [-0.39, 0.29) is 0 Å². The maximum Gasteiger partial charge on any atom is 0.389 e. The van der Waals surface area contributed by atoms with Crippen molar-refractivity contribution in [2.24, 2.45) is 0 Å². The van der Waals surface area contributed by atoms with Gasteiger partial charge in [0.1, 0.15) is 6.10 Å². The maximum absolute atomic E-state index is 10.7. The molecule has 19 nitrogen and oxygen atoms in total. The van der Waals surface area contributed by atoms with Crippen LogP contribution in [0.4, 0.5) is 0 Å². The van der Waals surface area contributed by atoms with Crippen LogP contribution in [0.15, 0.2) is 194 Å². The minimum Gasteiger partial charge on any atom is -0.420 e. The Kier molecular flexibility index (Phi) is 44.2. The van der Waals surface area contributed by atoms with Crippen molar-refractivity contribution in [3.05, 3.63) is 194 Å². The van der Waals surface area contributed by atoms with E-state index in [0.29, 0.717) is 11.3 Å². The van der Waals surface area contributed by atoms with Gasteiger partial charge in [-0.3, -0.25) is 0 Å². The monoisotopic (exact) mass is 1550 g/mol. The van der Waals surface area contributed by atoms with Gasteiger partial charge < -0.3 is 86.0 Å². The summed E-state index contributed by atoms with van der Waals surface area (Å²) < 4.78 is 71.8. The van der Waals surface area contributed by atoms with E-state index in [1.54, 1.807) is 98.8 Å². The normalized spacial score (nSPS) is 13.5. The van der Waals surface area contributed by atoms with E-state index in [2.05, 4.69) is 74.8 Å². The Hall–Kier alpha value is -3.31. The maximum atomic E-state index is 10.7. The van der Waals surface area contributed by atoms with Crippen LogP contribution in [0.25, 0.3) is 0 Å². The molecule has 0 amide bonds. The average molecular weight is 1550 g/mol. The second-order valence-corrected chi connectivity index (χ2v) is 63.3. The summed E-state index contributed by atoms with van der Waals surface area (Å²) in [5.41, 5.74) is 1.74. The highest BCUT2D eigenvalue weighted by Gasteiger charge is 2.52. The number of hydrogen-bond donors (Lipinski definition) is 6.